The first-order chi connectivity index (χ1) is 12.1. The van der Waals surface area contributed by atoms with Gasteiger partial charge in [-0.2, -0.15) is 0 Å². The van der Waals surface area contributed by atoms with Crippen LogP contribution in [0, 0.1) is 13.8 Å². The summed E-state index contributed by atoms with van der Waals surface area (Å²) < 4.78 is 12.1. The molecule has 2 N–H and O–H groups in total. The van der Waals surface area contributed by atoms with E-state index in [0.717, 1.165) is 35.2 Å². The number of rotatable bonds is 8. The molecule has 1 unspecified atom stereocenters. The molecule has 0 aliphatic heterocycles. The summed E-state index contributed by atoms with van der Waals surface area (Å²) in [6, 6.07) is 9.93. The van der Waals surface area contributed by atoms with Gasteiger partial charge in [-0.1, -0.05) is 30.3 Å². The van der Waals surface area contributed by atoms with E-state index in [1.807, 2.05) is 37.3 Å². The van der Waals surface area contributed by atoms with E-state index in [9.17, 15) is 4.21 Å². The topological polar surface area (TPSA) is 66.4 Å². The van der Waals surface area contributed by atoms with Gasteiger partial charge < -0.3 is 10.6 Å². The van der Waals surface area contributed by atoms with Crippen LogP contribution in [-0.4, -0.2) is 41.0 Å². The third-order valence-electron chi connectivity index (χ3n) is 3.72. The van der Waals surface area contributed by atoms with Crippen molar-refractivity contribution in [3.05, 3.63) is 51.5 Å². The minimum atomic E-state index is -0.878. The number of nitrogens with zero attached hydrogens (tertiary/aromatic N) is 2. The first-order valence-electron chi connectivity index (χ1n) is 8.35. The smallest absolute Gasteiger partial charge is 0.191 e. The lowest BCUT2D eigenvalue weighted by atomic mass is 10.2. The van der Waals surface area contributed by atoms with Crippen LogP contribution in [0.25, 0.3) is 0 Å². The molecule has 0 bridgehead atoms. The van der Waals surface area contributed by atoms with E-state index in [1.54, 1.807) is 18.4 Å². The Morgan fingerprint density at radius 3 is 2.56 bits per heavy atom. The van der Waals surface area contributed by atoms with E-state index in [2.05, 4.69) is 27.5 Å². The van der Waals surface area contributed by atoms with Gasteiger partial charge in [0.25, 0.3) is 0 Å². The van der Waals surface area contributed by atoms with Crippen molar-refractivity contribution in [3.8, 4) is 0 Å². The van der Waals surface area contributed by atoms with E-state index in [1.165, 1.54) is 4.88 Å². The van der Waals surface area contributed by atoms with Crippen molar-refractivity contribution in [2.75, 3.05) is 25.9 Å². The molecule has 0 aliphatic rings. The zero-order valence-corrected chi connectivity index (χ0v) is 16.7. The van der Waals surface area contributed by atoms with Crippen molar-refractivity contribution < 1.29 is 4.21 Å². The Morgan fingerprint density at radius 2 is 1.92 bits per heavy atom. The molecule has 1 aromatic carbocycles. The maximum absolute atomic E-state index is 12.1. The zero-order chi connectivity index (χ0) is 18.1. The van der Waals surface area contributed by atoms with Crippen molar-refractivity contribution in [1.82, 2.24) is 15.6 Å². The number of guanidine groups is 1. The van der Waals surface area contributed by atoms with E-state index in [4.69, 9.17) is 0 Å². The molecule has 2 rings (SSSR count). The molecule has 0 radical (unpaired) electrons. The summed E-state index contributed by atoms with van der Waals surface area (Å²) in [5, 5.41) is 7.64. The molecule has 0 saturated heterocycles. The Hall–Kier alpha value is -1.73. The van der Waals surface area contributed by atoms with E-state index in [-0.39, 0.29) is 0 Å². The monoisotopic (exact) mass is 378 g/mol. The maximum Gasteiger partial charge on any atom is 0.191 e. The molecule has 0 saturated carbocycles. The normalized spacial score (nSPS) is 12.8. The number of aliphatic imine (C=N–C) groups is 1. The molecule has 0 fully saturated rings. The van der Waals surface area contributed by atoms with Crippen molar-refractivity contribution in [3.63, 3.8) is 0 Å². The quantitative estimate of drug-likeness (QED) is 0.547. The van der Waals surface area contributed by atoms with E-state index < -0.39 is 10.8 Å². The van der Waals surface area contributed by atoms with Gasteiger partial charge in [0, 0.05) is 53.7 Å². The lowest BCUT2D eigenvalue weighted by molar-refractivity contribution is 0.680. The second-order valence-electron chi connectivity index (χ2n) is 5.70. The van der Waals surface area contributed by atoms with Crippen LogP contribution in [0.4, 0.5) is 0 Å². The lowest BCUT2D eigenvalue weighted by Crippen LogP contribution is -2.40. The van der Waals surface area contributed by atoms with Crippen LogP contribution in [0.1, 0.15) is 21.1 Å². The molecule has 1 aromatic heterocycles. The molecule has 1 heterocycles. The van der Waals surface area contributed by atoms with Gasteiger partial charge in [0.05, 0.1) is 10.7 Å². The van der Waals surface area contributed by atoms with Gasteiger partial charge in [-0.3, -0.25) is 9.20 Å². The van der Waals surface area contributed by atoms with Gasteiger partial charge in [0.2, 0.25) is 0 Å². The standard InChI is InChI=1S/C18H26N4OS2/c1-14-15(2)24-17(22-14)9-10-20-18(19-3)21-11-12-25(23)13-16-7-5-4-6-8-16/h4-8H,9-13H2,1-3H3,(H2,19,20,21). The van der Waals surface area contributed by atoms with Crippen LogP contribution in [0.2, 0.25) is 0 Å². The van der Waals surface area contributed by atoms with Crippen LogP contribution in [0.3, 0.4) is 0 Å². The largest absolute Gasteiger partial charge is 0.356 e. The minimum Gasteiger partial charge on any atom is -0.356 e. The Bertz CT molecular complexity index is 694. The second-order valence-corrected chi connectivity index (χ2v) is 8.56. The molecular weight excluding hydrogens is 352 g/mol. The highest BCUT2D eigenvalue weighted by Crippen LogP contribution is 2.16. The number of aryl methyl sites for hydroxylation is 2. The third kappa shape index (κ3) is 6.96. The predicted molar refractivity (Wildman–Crippen MR) is 108 cm³/mol. The van der Waals surface area contributed by atoms with E-state index >= 15 is 0 Å². The molecule has 1 atom stereocenters. The highest BCUT2D eigenvalue weighted by atomic mass is 32.2. The van der Waals surface area contributed by atoms with Gasteiger partial charge in [0.15, 0.2) is 5.96 Å². The SMILES string of the molecule is CN=C(NCCc1nc(C)c(C)s1)NCCS(=O)Cc1ccccc1. The van der Waals surface area contributed by atoms with Gasteiger partial charge in [-0.15, -0.1) is 11.3 Å². The lowest BCUT2D eigenvalue weighted by Gasteiger charge is -2.11. The molecule has 136 valence electrons. The van der Waals surface area contributed by atoms with Gasteiger partial charge in [-0.25, -0.2) is 4.98 Å². The number of nitrogens with one attached hydrogen (secondary N) is 2. The van der Waals surface area contributed by atoms with Crippen molar-refractivity contribution >= 4 is 28.1 Å². The summed E-state index contributed by atoms with van der Waals surface area (Å²) in [6.45, 7) is 5.55. The fourth-order valence-corrected chi connectivity index (χ4v) is 4.24. The first kappa shape index (κ1) is 19.6. The Morgan fingerprint density at radius 1 is 1.20 bits per heavy atom. The average molecular weight is 379 g/mol. The van der Waals surface area contributed by atoms with Crippen molar-refractivity contribution in [1.29, 1.82) is 0 Å². The van der Waals surface area contributed by atoms with Gasteiger partial charge >= 0.3 is 0 Å². The van der Waals surface area contributed by atoms with E-state index in [0.29, 0.717) is 18.1 Å². The summed E-state index contributed by atoms with van der Waals surface area (Å²) in [5.74, 6) is 1.93. The molecule has 25 heavy (non-hydrogen) atoms. The van der Waals surface area contributed by atoms with Crippen LogP contribution in [0.15, 0.2) is 35.3 Å². The van der Waals surface area contributed by atoms with Crippen LogP contribution in [0.5, 0.6) is 0 Å². The molecule has 5 nitrogen and oxygen atoms in total. The van der Waals surface area contributed by atoms with Crippen LogP contribution in [-0.2, 0) is 23.0 Å². The number of hydrogen-bond donors (Lipinski definition) is 2. The van der Waals surface area contributed by atoms with Crippen LogP contribution >= 0.6 is 11.3 Å². The van der Waals surface area contributed by atoms with Crippen molar-refractivity contribution in [2.45, 2.75) is 26.0 Å². The molecule has 0 amide bonds. The van der Waals surface area contributed by atoms with Gasteiger partial charge in [-0.05, 0) is 19.4 Å². The Labute approximate surface area is 156 Å². The number of benzene rings is 1. The molecular formula is C18H26N4OS2. The maximum atomic E-state index is 12.1. The summed E-state index contributed by atoms with van der Waals surface area (Å²) in [7, 11) is 0.866. The fourth-order valence-electron chi connectivity index (χ4n) is 2.27. The average Bonchev–Trinajstić information content (AvgIpc) is 2.92. The first-order valence-corrected chi connectivity index (χ1v) is 10.6. The zero-order valence-electron chi connectivity index (χ0n) is 15.0. The molecule has 7 heteroatoms. The van der Waals surface area contributed by atoms with Crippen LogP contribution < -0.4 is 10.6 Å². The summed E-state index contributed by atoms with van der Waals surface area (Å²) in [4.78, 5) is 10.0. The minimum absolute atomic E-state index is 0.595. The summed E-state index contributed by atoms with van der Waals surface area (Å²) in [6.07, 6.45) is 0.875. The summed E-state index contributed by atoms with van der Waals surface area (Å²) >= 11 is 1.74. The predicted octanol–water partition coefficient (Wildman–Crippen LogP) is 2.42. The van der Waals surface area contributed by atoms with Gasteiger partial charge in [0.1, 0.15) is 0 Å². The molecule has 0 aliphatic carbocycles. The Kier molecular flexibility index (Phi) is 8.08. The highest BCUT2D eigenvalue weighted by Gasteiger charge is 2.05. The fraction of sp³-hybridized carbons (Fsp3) is 0.444. The molecule has 0 spiro atoms. The van der Waals surface area contributed by atoms with Crippen molar-refractivity contribution in [2.24, 2.45) is 4.99 Å². The highest BCUT2D eigenvalue weighted by molar-refractivity contribution is 7.84. The molecule has 2 aromatic rings. The third-order valence-corrected chi connectivity index (χ3v) is 6.17. The number of thiazole rings is 1. The number of aromatic nitrogens is 1. The number of hydrogen-bond acceptors (Lipinski definition) is 4. The summed E-state index contributed by atoms with van der Waals surface area (Å²) in [5.41, 5.74) is 2.22. The Balaban J connectivity index is 1.65. The second kappa shape index (κ2) is 10.3.